The molecule has 0 spiro atoms. The second-order valence-electron chi connectivity index (χ2n) is 9.36. The summed E-state index contributed by atoms with van der Waals surface area (Å²) in [5.41, 5.74) is 7.10. The maximum Gasteiger partial charge on any atom is 0.227 e. The van der Waals surface area contributed by atoms with E-state index in [4.69, 9.17) is 18.9 Å². The molecule has 0 aromatic carbocycles. The number of allylic oxidation sites excluding steroid dienone is 8. The van der Waals surface area contributed by atoms with E-state index in [0.29, 0.717) is 71.9 Å². The first-order valence-electron chi connectivity index (χ1n) is 13.8. The molecule has 2 amide bonds. The Labute approximate surface area is 226 Å². The topological polar surface area (TPSA) is 114 Å². The van der Waals surface area contributed by atoms with Gasteiger partial charge in [0.15, 0.2) is 0 Å². The predicted molar refractivity (Wildman–Crippen MR) is 145 cm³/mol. The zero-order valence-corrected chi connectivity index (χ0v) is 22.5. The van der Waals surface area contributed by atoms with E-state index in [-0.39, 0.29) is 24.7 Å². The second-order valence-corrected chi connectivity index (χ2v) is 9.36. The Bertz CT molecular complexity index is 908. The highest BCUT2D eigenvalue weighted by Gasteiger charge is 2.26. The van der Waals surface area contributed by atoms with Gasteiger partial charge in [-0.3, -0.25) is 9.59 Å². The fourth-order valence-electron chi connectivity index (χ4n) is 4.46. The maximum absolute atomic E-state index is 13.3. The van der Waals surface area contributed by atoms with Crippen LogP contribution in [0.4, 0.5) is 0 Å². The van der Waals surface area contributed by atoms with E-state index in [9.17, 15) is 9.59 Å². The third kappa shape index (κ3) is 10.7. The van der Waals surface area contributed by atoms with Gasteiger partial charge in [-0.25, -0.2) is 0 Å². The minimum Gasteiger partial charge on any atom is -0.377 e. The van der Waals surface area contributed by atoms with Crippen molar-refractivity contribution in [1.29, 1.82) is 0 Å². The average Bonchev–Trinajstić information content (AvgIpc) is 2.93. The van der Waals surface area contributed by atoms with Crippen molar-refractivity contribution in [2.45, 2.75) is 32.1 Å². The highest BCUT2D eigenvalue weighted by atomic mass is 16.6. The number of amides is 2. The zero-order valence-electron chi connectivity index (χ0n) is 22.5. The molecule has 1 heterocycles. The normalized spacial score (nSPS) is 19.3. The number of nitrogens with one attached hydrogen (secondary N) is 1. The number of ether oxygens (including phenoxy) is 4. The van der Waals surface area contributed by atoms with Gasteiger partial charge in [-0.2, -0.15) is 0 Å². The van der Waals surface area contributed by atoms with Crippen molar-refractivity contribution in [1.82, 2.24) is 10.2 Å². The van der Waals surface area contributed by atoms with Crippen molar-refractivity contribution in [2.75, 3.05) is 72.5 Å². The van der Waals surface area contributed by atoms with Gasteiger partial charge < -0.3 is 34.9 Å². The predicted octanol–water partition coefficient (Wildman–Crippen LogP) is 1.70. The van der Waals surface area contributed by atoms with Crippen molar-refractivity contribution < 1.29 is 34.3 Å². The molecule has 3 aliphatic rings. The molecule has 0 fully saturated rings. The molecule has 38 heavy (non-hydrogen) atoms. The number of carbonyl (C=O) groups is 2. The van der Waals surface area contributed by atoms with Crippen molar-refractivity contribution in [3.05, 3.63) is 59.4 Å². The number of quaternary nitrogens is 1. The Balaban J connectivity index is 1.28. The Morgan fingerprint density at radius 2 is 1.63 bits per heavy atom. The lowest BCUT2D eigenvalue weighted by molar-refractivity contribution is -0.374. The summed E-state index contributed by atoms with van der Waals surface area (Å²) in [7, 11) is 0. The largest absolute Gasteiger partial charge is 0.377 e. The van der Waals surface area contributed by atoms with E-state index >= 15 is 0 Å². The quantitative estimate of drug-likeness (QED) is 0.277. The Hall–Kier alpha value is -2.56. The lowest BCUT2D eigenvalue weighted by atomic mass is 9.87. The van der Waals surface area contributed by atoms with Gasteiger partial charge >= 0.3 is 0 Å². The van der Waals surface area contributed by atoms with Gasteiger partial charge in [0.25, 0.3) is 0 Å². The molecule has 0 saturated heterocycles. The highest BCUT2D eigenvalue weighted by molar-refractivity contribution is 5.85. The first kappa shape index (κ1) is 30.0. The summed E-state index contributed by atoms with van der Waals surface area (Å²) in [6, 6.07) is 0. The Morgan fingerprint density at radius 3 is 2.37 bits per heavy atom. The average molecular weight is 531 g/mol. The molecule has 9 heteroatoms. The Morgan fingerprint density at radius 1 is 0.921 bits per heavy atom. The summed E-state index contributed by atoms with van der Waals surface area (Å²) < 4.78 is 21.6. The molecule has 0 saturated carbocycles. The van der Waals surface area contributed by atoms with Gasteiger partial charge in [-0.1, -0.05) is 36.5 Å². The number of hydrogen-bond donors (Lipinski definition) is 2. The third-order valence-corrected chi connectivity index (χ3v) is 6.50. The van der Waals surface area contributed by atoms with Gasteiger partial charge in [-0.05, 0) is 36.5 Å². The van der Waals surface area contributed by atoms with Gasteiger partial charge in [0.05, 0.1) is 59.4 Å². The van der Waals surface area contributed by atoms with Crippen LogP contribution in [-0.4, -0.2) is 89.2 Å². The number of nitrogens with zero attached hydrogens (tertiary/aromatic N) is 1. The first-order valence-corrected chi connectivity index (χ1v) is 13.8. The fourth-order valence-corrected chi connectivity index (χ4v) is 4.46. The fraction of sp³-hybridized carbons (Fsp3) is 0.586. The minimum atomic E-state index is -0.146. The minimum absolute atomic E-state index is 0.0214. The number of hydrogen-bond acceptors (Lipinski definition) is 6. The molecule has 0 aromatic heterocycles. The Kier molecular flexibility index (Phi) is 14.1. The van der Waals surface area contributed by atoms with Crippen molar-refractivity contribution >= 4 is 11.8 Å². The van der Waals surface area contributed by atoms with E-state index in [2.05, 4.69) is 53.6 Å². The van der Waals surface area contributed by atoms with Crippen molar-refractivity contribution in [2.24, 2.45) is 5.92 Å². The second kappa shape index (κ2) is 17.9. The molecule has 1 unspecified atom stereocenters. The lowest BCUT2D eigenvalue weighted by Gasteiger charge is -2.32. The van der Waals surface area contributed by atoms with Crippen LogP contribution in [0, 0.1) is 5.92 Å². The van der Waals surface area contributed by atoms with Crippen LogP contribution in [0.25, 0.3) is 0 Å². The SMILES string of the molecule is [NH3+]CCOCCOCCOCCOCCNC(=O)CCC(=O)N1CC2=CC=CCC2/C=C\C2=C1C=CCC2. The van der Waals surface area contributed by atoms with E-state index in [1.807, 2.05) is 4.90 Å². The zero-order chi connectivity index (χ0) is 26.8. The lowest BCUT2D eigenvalue weighted by Crippen LogP contribution is -2.52. The van der Waals surface area contributed by atoms with Crippen LogP contribution >= 0.6 is 0 Å². The summed E-state index contributed by atoms with van der Waals surface area (Å²) in [6.07, 6.45) is 18.2. The van der Waals surface area contributed by atoms with Crippen LogP contribution < -0.4 is 11.1 Å². The number of rotatable bonds is 17. The summed E-state index contributed by atoms with van der Waals surface area (Å²) in [5.74, 6) is 0.158. The molecular formula is C29H44N3O6+. The smallest absolute Gasteiger partial charge is 0.227 e. The van der Waals surface area contributed by atoms with Crippen LogP contribution in [0.15, 0.2) is 59.4 Å². The van der Waals surface area contributed by atoms with Gasteiger partial charge in [0.2, 0.25) is 11.8 Å². The van der Waals surface area contributed by atoms with Gasteiger partial charge in [0, 0.05) is 37.5 Å². The van der Waals surface area contributed by atoms with Gasteiger partial charge in [0.1, 0.15) is 0 Å². The molecule has 0 radical (unpaired) electrons. The van der Waals surface area contributed by atoms with E-state index in [1.54, 1.807) is 0 Å². The summed E-state index contributed by atoms with van der Waals surface area (Å²) in [4.78, 5) is 27.5. The molecule has 0 aromatic rings. The summed E-state index contributed by atoms with van der Waals surface area (Å²) in [5, 5.41) is 2.84. The molecule has 0 bridgehead atoms. The number of fused-ring (bicyclic) bond motifs is 1. The monoisotopic (exact) mass is 530 g/mol. The standard InChI is InChI=1S/C29H43N3O6/c30-13-15-35-17-19-37-21-22-38-20-18-36-16-14-31-28(33)11-12-29(34)32-23-26-7-2-1-5-24(26)9-10-25-6-3-4-8-27(25)32/h1-2,4,7-10,24H,3,5-6,11-23,30H2,(H,31,33)/p+1/b10-9-. The summed E-state index contributed by atoms with van der Waals surface area (Å²) >= 11 is 0. The van der Waals surface area contributed by atoms with Gasteiger partial charge in [-0.15, -0.1) is 0 Å². The van der Waals surface area contributed by atoms with Crippen molar-refractivity contribution in [3.8, 4) is 0 Å². The molecule has 1 aliphatic heterocycles. The van der Waals surface area contributed by atoms with Crippen LogP contribution in [-0.2, 0) is 28.5 Å². The van der Waals surface area contributed by atoms with Crippen LogP contribution in [0.5, 0.6) is 0 Å². The molecule has 3 rings (SSSR count). The van der Waals surface area contributed by atoms with E-state index in [0.717, 1.165) is 31.5 Å². The molecule has 2 aliphatic carbocycles. The molecule has 9 nitrogen and oxygen atoms in total. The first-order chi connectivity index (χ1) is 18.7. The van der Waals surface area contributed by atoms with E-state index < -0.39 is 0 Å². The third-order valence-electron chi connectivity index (χ3n) is 6.50. The van der Waals surface area contributed by atoms with Crippen LogP contribution in [0.2, 0.25) is 0 Å². The molecule has 210 valence electrons. The van der Waals surface area contributed by atoms with Crippen LogP contribution in [0.1, 0.15) is 32.1 Å². The maximum atomic E-state index is 13.3. The molecule has 1 atom stereocenters. The highest BCUT2D eigenvalue weighted by Crippen LogP contribution is 2.32. The van der Waals surface area contributed by atoms with Crippen LogP contribution in [0.3, 0.4) is 0 Å². The molecule has 4 N–H and O–H groups in total. The van der Waals surface area contributed by atoms with Crippen molar-refractivity contribution in [3.63, 3.8) is 0 Å². The number of carbonyl (C=O) groups excluding carboxylic acids is 2. The molecular weight excluding hydrogens is 486 g/mol. The van der Waals surface area contributed by atoms with E-state index in [1.165, 1.54) is 11.1 Å². The summed E-state index contributed by atoms with van der Waals surface area (Å²) in [6.45, 7) is 5.82.